The summed E-state index contributed by atoms with van der Waals surface area (Å²) in [6, 6.07) is 0. The third-order valence-electron chi connectivity index (χ3n) is 2.20. The molecular formula is C10H20N2O3. The van der Waals surface area contributed by atoms with Crippen molar-refractivity contribution >= 4 is 5.91 Å². The van der Waals surface area contributed by atoms with Gasteiger partial charge in [0.2, 0.25) is 0 Å². The number of ether oxygens (including phenoxy) is 1. The molecule has 5 heteroatoms. The molecule has 1 heterocycles. The van der Waals surface area contributed by atoms with Gasteiger partial charge < -0.3 is 20.1 Å². The van der Waals surface area contributed by atoms with Gasteiger partial charge in [-0.25, -0.2) is 0 Å². The number of carbonyl (C=O) groups is 1. The Kier molecular flexibility index (Phi) is 4.07. The quantitative estimate of drug-likeness (QED) is 0.648. The lowest BCUT2D eigenvalue weighted by atomic mass is 10.1. The van der Waals surface area contributed by atoms with Crippen LogP contribution in [0.3, 0.4) is 0 Å². The average molecular weight is 216 g/mol. The Morgan fingerprint density at radius 3 is 2.80 bits per heavy atom. The lowest BCUT2D eigenvalue weighted by molar-refractivity contribution is -0.146. The number of nitrogens with zero attached hydrogens (tertiary/aromatic N) is 1. The van der Waals surface area contributed by atoms with Crippen LogP contribution < -0.4 is 5.32 Å². The fourth-order valence-corrected chi connectivity index (χ4v) is 1.63. The molecule has 5 nitrogen and oxygen atoms in total. The molecular weight excluding hydrogens is 196 g/mol. The fraction of sp³-hybridized carbons (Fsp3) is 0.900. The second-order valence-corrected chi connectivity index (χ2v) is 4.57. The molecule has 0 saturated carbocycles. The van der Waals surface area contributed by atoms with Crippen LogP contribution in [0, 0.1) is 0 Å². The zero-order valence-corrected chi connectivity index (χ0v) is 9.62. The molecule has 1 aliphatic heterocycles. The highest BCUT2D eigenvalue weighted by atomic mass is 16.5. The summed E-state index contributed by atoms with van der Waals surface area (Å²) in [5.41, 5.74) is -0.869. The molecule has 15 heavy (non-hydrogen) atoms. The molecule has 1 unspecified atom stereocenters. The first kappa shape index (κ1) is 12.4. The highest BCUT2D eigenvalue weighted by molar-refractivity contribution is 5.81. The van der Waals surface area contributed by atoms with E-state index in [2.05, 4.69) is 5.32 Å². The van der Waals surface area contributed by atoms with Gasteiger partial charge in [-0.05, 0) is 13.8 Å². The van der Waals surface area contributed by atoms with E-state index >= 15 is 0 Å². The molecule has 1 rings (SSSR count). The molecule has 0 aromatic carbocycles. The summed E-state index contributed by atoms with van der Waals surface area (Å²) in [5, 5.41) is 12.7. The van der Waals surface area contributed by atoms with Crippen LogP contribution in [-0.2, 0) is 9.53 Å². The zero-order chi connectivity index (χ0) is 11.5. The van der Waals surface area contributed by atoms with Gasteiger partial charge in [0.25, 0.3) is 5.91 Å². The first-order chi connectivity index (χ1) is 6.90. The van der Waals surface area contributed by atoms with Crippen LogP contribution in [0.25, 0.3) is 0 Å². The predicted molar refractivity (Wildman–Crippen MR) is 56.5 cm³/mol. The van der Waals surface area contributed by atoms with Crippen LogP contribution in [0.5, 0.6) is 0 Å². The van der Waals surface area contributed by atoms with E-state index in [0.717, 1.165) is 6.54 Å². The Labute approximate surface area is 90.4 Å². The third-order valence-corrected chi connectivity index (χ3v) is 2.20. The van der Waals surface area contributed by atoms with Crippen molar-refractivity contribution in [3.63, 3.8) is 0 Å². The van der Waals surface area contributed by atoms with Gasteiger partial charge in [-0.1, -0.05) is 0 Å². The molecule has 1 fully saturated rings. The molecule has 0 aliphatic carbocycles. The molecule has 2 N–H and O–H groups in total. The first-order valence-electron chi connectivity index (χ1n) is 5.20. The molecule has 88 valence electrons. The second kappa shape index (κ2) is 4.92. The maximum absolute atomic E-state index is 11.8. The summed E-state index contributed by atoms with van der Waals surface area (Å²) in [7, 11) is 1.68. The maximum atomic E-state index is 11.8. The van der Waals surface area contributed by atoms with Crippen molar-refractivity contribution < 1.29 is 14.6 Å². The summed E-state index contributed by atoms with van der Waals surface area (Å²) >= 11 is 0. The fourth-order valence-electron chi connectivity index (χ4n) is 1.63. The zero-order valence-electron chi connectivity index (χ0n) is 9.62. The minimum absolute atomic E-state index is 0.0793. The number of rotatable bonds is 3. The van der Waals surface area contributed by atoms with Crippen LogP contribution in [0.15, 0.2) is 0 Å². The largest absolute Gasteiger partial charge is 0.389 e. The normalized spacial score (nSPS) is 22.5. The van der Waals surface area contributed by atoms with Crippen molar-refractivity contribution in [1.82, 2.24) is 10.2 Å². The van der Waals surface area contributed by atoms with Gasteiger partial charge in [0.1, 0.15) is 6.10 Å². The summed E-state index contributed by atoms with van der Waals surface area (Å²) in [6.07, 6.45) is -0.411. The molecule has 0 aromatic rings. The van der Waals surface area contributed by atoms with E-state index in [1.165, 1.54) is 4.90 Å². The Morgan fingerprint density at radius 1 is 1.67 bits per heavy atom. The Hall–Kier alpha value is -0.650. The number of amides is 1. The van der Waals surface area contributed by atoms with Crippen molar-refractivity contribution in [3.05, 3.63) is 0 Å². The maximum Gasteiger partial charge on any atom is 0.252 e. The molecule has 0 radical (unpaired) electrons. The third kappa shape index (κ3) is 4.15. The van der Waals surface area contributed by atoms with Gasteiger partial charge >= 0.3 is 0 Å². The number of carbonyl (C=O) groups excluding carboxylic acids is 1. The monoisotopic (exact) mass is 216 g/mol. The van der Waals surface area contributed by atoms with E-state index in [9.17, 15) is 9.90 Å². The van der Waals surface area contributed by atoms with Gasteiger partial charge in [0, 0.05) is 26.7 Å². The smallest absolute Gasteiger partial charge is 0.252 e. The second-order valence-electron chi connectivity index (χ2n) is 4.57. The lowest BCUT2D eigenvalue weighted by Gasteiger charge is -2.30. The van der Waals surface area contributed by atoms with Crippen molar-refractivity contribution in [1.29, 1.82) is 0 Å². The molecule has 0 bridgehead atoms. The molecule has 1 amide bonds. The van der Waals surface area contributed by atoms with E-state index in [1.807, 2.05) is 0 Å². The minimum atomic E-state index is -0.869. The highest BCUT2D eigenvalue weighted by Gasteiger charge is 2.27. The number of hydrogen-bond donors (Lipinski definition) is 2. The molecule has 0 aromatic heterocycles. The summed E-state index contributed by atoms with van der Waals surface area (Å²) in [4.78, 5) is 13.3. The van der Waals surface area contributed by atoms with Crippen LogP contribution in [0.4, 0.5) is 0 Å². The Balaban J connectivity index is 2.44. The predicted octanol–water partition coefficient (Wildman–Crippen LogP) is -0.796. The Bertz CT molecular complexity index is 219. The van der Waals surface area contributed by atoms with Crippen molar-refractivity contribution in [2.24, 2.45) is 0 Å². The number of nitrogens with one attached hydrogen (secondary N) is 1. The van der Waals surface area contributed by atoms with Crippen LogP contribution >= 0.6 is 0 Å². The molecule has 0 spiro atoms. The van der Waals surface area contributed by atoms with Gasteiger partial charge in [0.15, 0.2) is 0 Å². The average Bonchev–Trinajstić information content (AvgIpc) is 2.15. The SMILES string of the molecule is CN(CC(C)(C)O)C(=O)C1CNCCO1. The highest BCUT2D eigenvalue weighted by Crippen LogP contribution is 2.07. The molecule has 1 aliphatic rings. The summed E-state index contributed by atoms with van der Waals surface area (Å²) in [5.74, 6) is -0.0793. The standard InChI is InChI=1S/C10H20N2O3/c1-10(2,14)7-12(3)9(13)8-6-11-4-5-15-8/h8,11,14H,4-7H2,1-3H3. The van der Waals surface area contributed by atoms with Crippen molar-refractivity contribution in [2.75, 3.05) is 33.3 Å². The van der Waals surface area contributed by atoms with Crippen LogP contribution in [-0.4, -0.2) is 60.9 Å². The summed E-state index contributed by atoms with van der Waals surface area (Å²) < 4.78 is 5.34. The number of aliphatic hydroxyl groups is 1. The van der Waals surface area contributed by atoms with Crippen LogP contribution in [0.2, 0.25) is 0 Å². The Morgan fingerprint density at radius 2 is 2.33 bits per heavy atom. The van der Waals surface area contributed by atoms with Crippen molar-refractivity contribution in [2.45, 2.75) is 25.6 Å². The van der Waals surface area contributed by atoms with E-state index < -0.39 is 11.7 Å². The van der Waals surface area contributed by atoms with Crippen LogP contribution in [0.1, 0.15) is 13.8 Å². The number of likely N-dealkylation sites (N-methyl/N-ethyl adjacent to an activating group) is 1. The minimum Gasteiger partial charge on any atom is -0.389 e. The topological polar surface area (TPSA) is 61.8 Å². The molecule has 1 saturated heterocycles. The van der Waals surface area contributed by atoms with E-state index in [1.54, 1.807) is 20.9 Å². The van der Waals surface area contributed by atoms with Gasteiger partial charge in [0.05, 0.1) is 12.2 Å². The van der Waals surface area contributed by atoms with E-state index in [0.29, 0.717) is 19.7 Å². The lowest BCUT2D eigenvalue weighted by Crippen LogP contribution is -2.50. The summed E-state index contributed by atoms with van der Waals surface area (Å²) in [6.45, 7) is 5.57. The van der Waals surface area contributed by atoms with Gasteiger partial charge in [-0.15, -0.1) is 0 Å². The van der Waals surface area contributed by atoms with Gasteiger partial charge in [-0.2, -0.15) is 0 Å². The van der Waals surface area contributed by atoms with Gasteiger partial charge in [-0.3, -0.25) is 4.79 Å². The van der Waals surface area contributed by atoms with E-state index in [-0.39, 0.29) is 5.91 Å². The number of hydrogen-bond acceptors (Lipinski definition) is 4. The van der Waals surface area contributed by atoms with Crippen molar-refractivity contribution in [3.8, 4) is 0 Å². The van der Waals surface area contributed by atoms with E-state index in [4.69, 9.17) is 4.74 Å². The first-order valence-corrected chi connectivity index (χ1v) is 5.20. The molecule has 1 atom stereocenters. The number of morpholine rings is 1.